The Labute approximate surface area is 245 Å². The smallest absolute Gasteiger partial charge is 0.264 e. The number of nitrogens with zero attached hydrogens (tertiary/aromatic N) is 2. The lowest BCUT2D eigenvalue weighted by Crippen LogP contribution is -2.52. The summed E-state index contributed by atoms with van der Waals surface area (Å²) in [5, 5.41) is 3.55. The summed E-state index contributed by atoms with van der Waals surface area (Å²) in [6.45, 7) is 4.87. The van der Waals surface area contributed by atoms with Gasteiger partial charge in [-0.1, -0.05) is 54.4 Å². The van der Waals surface area contributed by atoms with E-state index >= 15 is 0 Å². The molecule has 214 valence electrons. The first kappa shape index (κ1) is 31.3. The molecule has 1 N–H and O–H groups in total. The molecule has 0 aromatic heterocycles. The number of ether oxygens (including phenoxy) is 1. The summed E-state index contributed by atoms with van der Waals surface area (Å²) in [6, 6.07) is 18.1. The number of rotatable bonds is 12. The highest BCUT2D eigenvalue weighted by molar-refractivity contribution is 7.92. The van der Waals surface area contributed by atoms with E-state index in [1.807, 2.05) is 13.8 Å². The number of nitrogens with one attached hydrogen (secondary N) is 1. The van der Waals surface area contributed by atoms with Crippen LogP contribution in [0, 0.1) is 0 Å². The molecule has 0 spiro atoms. The second kappa shape index (κ2) is 13.9. The Balaban J connectivity index is 2.03. The number of hydrogen-bond acceptors (Lipinski definition) is 5. The lowest BCUT2D eigenvalue weighted by Gasteiger charge is -2.32. The van der Waals surface area contributed by atoms with E-state index in [2.05, 4.69) is 5.32 Å². The number of anilines is 1. The molecular formula is C29H33Cl2N3O5S. The number of methoxy groups -OCH3 is 1. The largest absolute Gasteiger partial charge is 0.497 e. The van der Waals surface area contributed by atoms with E-state index in [0.29, 0.717) is 27.8 Å². The molecule has 8 nitrogen and oxygen atoms in total. The lowest BCUT2D eigenvalue weighted by molar-refractivity contribution is -0.139. The minimum absolute atomic E-state index is 0.00660. The predicted molar refractivity (Wildman–Crippen MR) is 158 cm³/mol. The van der Waals surface area contributed by atoms with Crippen LogP contribution in [0.25, 0.3) is 0 Å². The van der Waals surface area contributed by atoms with Gasteiger partial charge in [0.2, 0.25) is 11.8 Å². The molecule has 3 rings (SSSR count). The van der Waals surface area contributed by atoms with Gasteiger partial charge in [0.25, 0.3) is 10.0 Å². The normalized spacial score (nSPS) is 12.8. The van der Waals surface area contributed by atoms with Crippen molar-refractivity contribution in [1.29, 1.82) is 0 Å². The minimum atomic E-state index is -4.15. The van der Waals surface area contributed by atoms with Crippen molar-refractivity contribution >= 4 is 50.7 Å². The lowest BCUT2D eigenvalue weighted by atomic mass is 10.1. The molecule has 2 amide bonds. The van der Waals surface area contributed by atoms with Gasteiger partial charge in [-0.3, -0.25) is 13.9 Å². The Bertz CT molecular complexity index is 1420. The number of benzene rings is 3. The van der Waals surface area contributed by atoms with Crippen LogP contribution in [0.2, 0.25) is 10.0 Å². The van der Waals surface area contributed by atoms with E-state index in [4.69, 9.17) is 27.9 Å². The van der Waals surface area contributed by atoms with E-state index in [1.165, 1.54) is 24.1 Å². The Morgan fingerprint density at radius 1 is 0.950 bits per heavy atom. The number of hydrogen-bond donors (Lipinski definition) is 1. The monoisotopic (exact) mass is 605 g/mol. The maximum absolute atomic E-state index is 13.9. The molecule has 40 heavy (non-hydrogen) atoms. The fourth-order valence-corrected chi connectivity index (χ4v) is 5.64. The molecule has 0 aliphatic rings. The van der Waals surface area contributed by atoms with Gasteiger partial charge in [0.15, 0.2) is 0 Å². The van der Waals surface area contributed by atoms with Crippen LogP contribution in [0.3, 0.4) is 0 Å². The summed E-state index contributed by atoms with van der Waals surface area (Å²) in [4.78, 5) is 28.4. The minimum Gasteiger partial charge on any atom is -0.497 e. The molecule has 0 radical (unpaired) electrons. The zero-order valence-corrected chi connectivity index (χ0v) is 25.1. The highest BCUT2D eigenvalue weighted by Crippen LogP contribution is 2.27. The van der Waals surface area contributed by atoms with E-state index < -0.39 is 28.5 Å². The number of sulfonamides is 1. The summed E-state index contributed by atoms with van der Waals surface area (Å²) in [5.74, 6) is -0.401. The van der Waals surface area contributed by atoms with Gasteiger partial charge in [-0.05, 0) is 74.4 Å². The Morgan fingerprint density at radius 3 is 2.17 bits per heavy atom. The Morgan fingerprint density at radius 2 is 1.60 bits per heavy atom. The van der Waals surface area contributed by atoms with Crippen molar-refractivity contribution in [2.45, 2.75) is 50.7 Å². The number of carbonyl (C=O) groups is 2. The third-order valence-electron chi connectivity index (χ3n) is 6.48. The summed E-state index contributed by atoms with van der Waals surface area (Å²) >= 11 is 12.3. The van der Waals surface area contributed by atoms with Gasteiger partial charge in [0.1, 0.15) is 18.3 Å². The fourth-order valence-electron chi connectivity index (χ4n) is 3.88. The first-order chi connectivity index (χ1) is 19.0. The molecule has 3 aromatic carbocycles. The second-order valence-corrected chi connectivity index (χ2v) is 12.0. The van der Waals surface area contributed by atoms with Crippen LogP contribution in [0.15, 0.2) is 77.7 Å². The van der Waals surface area contributed by atoms with Crippen molar-refractivity contribution < 1.29 is 22.7 Å². The zero-order valence-electron chi connectivity index (χ0n) is 22.8. The average molecular weight is 607 g/mol. The Kier molecular flexibility index (Phi) is 10.8. The van der Waals surface area contributed by atoms with Gasteiger partial charge in [-0.2, -0.15) is 0 Å². The van der Waals surface area contributed by atoms with Crippen LogP contribution < -0.4 is 14.4 Å². The summed E-state index contributed by atoms with van der Waals surface area (Å²) in [5.41, 5.74) is 0.900. The zero-order chi connectivity index (χ0) is 29.4. The van der Waals surface area contributed by atoms with Crippen LogP contribution in [0.5, 0.6) is 5.75 Å². The molecule has 0 saturated carbocycles. The van der Waals surface area contributed by atoms with Crippen molar-refractivity contribution in [2.75, 3.05) is 18.0 Å². The molecule has 0 fully saturated rings. The molecule has 0 heterocycles. The van der Waals surface area contributed by atoms with Crippen LogP contribution in [-0.2, 0) is 26.2 Å². The molecule has 0 unspecified atom stereocenters. The third-order valence-corrected chi connectivity index (χ3v) is 9.00. The predicted octanol–water partition coefficient (Wildman–Crippen LogP) is 5.53. The SMILES string of the molecule is CC[C@@H](C)NC(=O)[C@H](C)N(Cc1ccc(Cl)c(Cl)c1)C(=O)CN(c1ccc(OC)cc1)S(=O)(=O)c1ccccc1. The van der Waals surface area contributed by atoms with Crippen LogP contribution in [0.4, 0.5) is 5.69 Å². The first-order valence-corrected chi connectivity index (χ1v) is 14.9. The van der Waals surface area contributed by atoms with Crippen molar-refractivity contribution in [3.8, 4) is 5.75 Å². The van der Waals surface area contributed by atoms with Gasteiger partial charge in [-0.15, -0.1) is 0 Å². The van der Waals surface area contributed by atoms with E-state index in [-0.39, 0.29) is 29.1 Å². The highest BCUT2D eigenvalue weighted by atomic mass is 35.5. The molecular weight excluding hydrogens is 573 g/mol. The topological polar surface area (TPSA) is 96.0 Å². The maximum atomic E-state index is 13.9. The first-order valence-electron chi connectivity index (χ1n) is 12.7. The molecule has 0 bridgehead atoms. The van der Waals surface area contributed by atoms with Crippen molar-refractivity contribution in [3.63, 3.8) is 0 Å². The Hall–Kier alpha value is -3.27. The van der Waals surface area contributed by atoms with Gasteiger partial charge in [-0.25, -0.2) is 8.42 Å². The molecule has 11 heteroatoms. The second-order valence-electron chi connectivity index (χ2n) is 9.29. The number of amides is 2. The van der Waals surface area contributed by atoms with E-state index in [9.17, 15) is 18.0 Å². The molecule has 0 saturated heterocycles. The van der Waals surface area contributed by atoms with Crippen LogP contribution in [0.1, 0.15) is 32.8 Å². The standard InChI is InChI=1S/C29H33Cl2N3O5S/c1-5-20(2)32-29(36)21(3)33(18-22-11-16-26(30)27(31)17-22)28(35)19-34(23-12-14-24(39-4)15-13-23)40(37,38)25-9-7-6-8-10-25/h6-17,20-21H,5,18-19H2,1-4H3,(H,32,36)/t20-,21+/m1/s1. The summed E-state index contributed by atoms with van der Waals surface area (Å²) in [6.07, 6.45) is 0.708. The summed E-state index contributed by atoms with van der Waals surface area (Å²) < 4.78 is 33.8. The number of halogens is 2. The van der Waals surface area contributed by atoms with Crippen molar-refractivity contribution in [2.24, 2.45) is 0 Å². The van der Waals surface area contributed by atoms with Gasteiger partial charge >= 0.3 is 0 Å². The van der Waals surface area contributed by atoms with Crippen LogP contribution in [-0.4, -0.2) is 50.9 Å². The van der Waals surface area contributed by atoms with Crippen molar-refractivity contribution in [3.05, 3.63) is 88.4 Å². The summed E-state index contributed by atoms with van der Waals surface area (Å²) in [7, 11) is -2.65. The molecule has 0 aliphatic carbocycles. The fraction of sp³-hybridized carbons (Fsp3) is 0.310. The average Bonchev–Trinajstić information content (AvgIpc) is 2.96. The maximum Gasteiger partial charge on any atom is 0.264 e. The molecule has 3 aromatic rings. The van der Waals surface area contributed by atoms with Crippen molar-refractivity contribution in [1.82, 2.24) is 10.2 Å². The highest BCUT2D eigenvalue weighted by Gasteiger charge is 2.32. The van der Waals surface area contributed by atoms with Gasteiger partial charge in [0.05, 0.1) is 27.7 Å². The van der Waals surface area contributed by atoms with Crippen LogP contribution >= 0.6 is 23.2 Å². The van der Waals surface area contributed by atoms with E-state index in [1.54, 1.807) is 67.6 Å². The molecule has 2 atom stereocenters. The third kappa shape index (κ3) is 7.68. The number of carbonyl (C=O) groups excluding carboxylic acids is 2. The molecule has 0 aliphatic heterocycles. The van der Waals surface area contributed by atoms with E-state index in [0.717, 1.165) is 4.31 Å². The van der Waals surface area contributed by atoms with Gasteiger partial charge in [0, 0.05) is 12.6 Å². The van der Waals surface area contributed by atoms with Gasteiger partial charge < -0.3 is 15.0 Å². The quantitative estimate of drug-likeness (QED) is 0.293.